The van der Waals surface area contributed by atoms with Gasteiger partial charge < -0.3 is 10.1 Å². The Morgan fingerprint density at radius 3 is 3.26 bits per heavy atom. The summed E-state index contributed by atoms with van der Waals surface area (Å²) in [6, 6.07) is 5.84. The average Bonchev–Trinajstić information content (AvgIpc) is 2.83. The monoisotopic (exact) mass is 259 g/mol. The molecule has 0 saturated heterocycles. The Morgan fingerprint density at radius 1 is 1.47 bits per heavy atom. The van der Waals surface area contributed by atoms with Crippen molar-refractivity contribution in [3.05, 3.63) is 41.5 Å². The van der Waals surface area contributed by atoms with E-state index in [-0.39, 0.29) is 0 Å². The van der Waals surface area contributed by atoms with E-state index in [2.05, 4.69) is 20.6 Å². The van der Waals surface area contributed by atoms with Crippen LogP contribution in [0.25, 0.3) is 0 Å². The van der Waals surface area contributed by atoms with Gasteiger partial charge in [-0.2, -0.15) is 0 Å². The third-order valence-corrected chi connectivity index (χ3v) is 3.31. The number of pyridine rings is 1. The first-order valence-electron chi connectivity index (χ1n) is 6.41. The minimum absolute atomic E-state index is 0.299. The molecule has 1 aliphatic heterocycles. The lowest BCUT2D eigenvalue weighted by molar-refractivity contribution is 0.100. The van der Waals surface area contributed by atoms with E-state index in [1.165, 1.54) is 5.69 Å². The molecule has 0 aliphatic carbocycles. The van der Waals surface area contributed by atoms with Gasteiger partial charge in [0.05, 0.1) is 24.6 Å². The molecule has 2 aromatic rings. The van der Waals surface area contributed by atoms with E-state index in [1.54, 1.807) is 6.20 Å². The van der Waals surface area contributed by atoms with Crippen molar-refractivity contribution in [2.24, 2.45) is 7.05 Å². The van der Waals surface area contributed by atoms with Gasteiger partial charge in [0.1, 0.15) is 5.69 Å². The standard InChI is InChI=1S/C13H17N5O/c1-18-13-10(6-14-7-12(13)16-17-18)8-19-9-11-4-2-3-5-15-11/h2-5,10,14H,6-9H2,1H3/t10-/m0/s1. The predicted molar refractivity (Wildman–Crippen MR) is 69.3 cm³/mol. The first-order chi connectivity index (χ1) is 9.34. The molecule has 3 rings (SSSR count). The number of rotatable bonds is 4. The number of nitrogens with one attached hydrogen (secondary N) is 1. The Hall–Kier alpha value is -1.79. The van der Waals surface area contributed by atoms with Gasteiger partial charge in [0.15, 0.2) is 0 Å². The summed E-state index contributed by atoms with van der Waals surface area (Å²) in [5.74, 6) is 0.299. The Morgan fingerprint density at radius 2 is 2.42 bits per heavy atom. The second kappa shape index (κ2) is 5.46. The molecule has 3 heterocycles. The third-order valence-electron chi connectivity index (χ3n) is 3.31. The van der Waals surface area contributed by atoms with E-state index in [1.807, 2.05) is 29.9 Å². The predicted octanol–water partition coefficient (Wildman–Crippen LogP) is 0.614. The normalized spacial score (nSPS) is 18.3. The summed E-state index contributed by atoms with van der Waals surface area (Å²) < 4.78 is 7.62. The van der Waals surface area contributed by atoms with Crippen molar-refractivity contribution in [3.63, 3.8) is 0 Å². The number of fused-ring (bicyclic) bond motifs is 1. The summed E-state index contributed by atoms with van der Waals surface area (Å²) in [4.78, 5) is 4.24. The zero-order valence-electron chi connectivity index (χ0n) is 10.9. The zero-order chi connectivity index (χ0) is 13.1. The fraction of sp³-hybridized carbons (Fsp3) is 0.462. The molecule has 19 heavy (non-hydrogen) atoms. The molecule has 0 fully saturated rings. The fourth-order valence-electron chi connectivity index (χ4n) is 2.42. The van der Waals surface area contributed by atoms with Crippen molar-refractivity contribution < 1.29 is 4.74 Å². The Kier molecular flexibility index (Phi) is 3.52. The van der Waals surface area contributed by atoms with Crippen molar-refractivity contribution in [2.45, 2.75) is 19.1 Å². The van der Waals surface area contributed by atoms with Crippen LogP contribution in [0.3, 0.4) is 0 Å². The van der Waals surface area contributed by atoms with Gasteiger partial charge in [-0.15, -0.1) is 5.10 Å². The zero-order valence-corrected chi connectivity index (χ0v) is 10.9. The summed E-state index contributed by atoms with van der Waals surface area (Å²) in [6.45, 7) is 2.88. The van der Waals surface area contributed by atoms with Crippen LogP contribution < -0.4 is 5.32 Å². The smallest absolute Gasteiger partial charge is 0.100 e. The summed E-state index contributed by atoms with van der Waals surface area (Å²) in [6.07, 6.45) is 1.78. The molecule has 6 heteroatoms. The van der Waals surface area contributed by atoms with Gasteiger partial charge in [0.25, 0.3) is 0 Å². The highest BCUT2D eigenvalue weighted by molar-refractivity contribution is 5.19. The molecule has 0 saturated carbocycles. The van der Waals surface area contributed by atoms with Gasteiger partial charge in [-0.25, -0.2) is 0 Å². The fourth-order valence-corrected chi connectivity index (χ4v) is 2.42. The molecule has 100 valence electrons. The highest BCUT2D eigenvalue weighted by Crippen LogP contribution is 2.21. The topological polar surface area (TPSA) is 64.9 Å². The highest BCUT2D eigenvalue weighted by atomic mass is 16.5. The van der Waals surface area contributed by atoms with Gasteiger partial charge in [-0.1, -0.05) is 11.3 Å². The van der Waals surface area contributed by atoms with Crippen LogP contribution >= 0.6 is 0 Å². The van der Waals surface area contributed by atoms with Crippen LogP contribution in [-0.2, 0) is 24.9 Å². The minimum atomic E-state index is 0.299. The van der Waals surface area contributed by atoms with Crippen LogP contribution in [0.4, 0.5) is 0 Å². The molecule has 0 amide bonds. The molecular formula is C13H17N5O. The van der Waals surface area contributed by atoms with Crippen LogP contribution in [-0.4, -0.2) is 33.1 Å². The van der Waals surface area contributed by atoms with E-state index in [0.717, 1.165) is 24.5 Å². The van der Waals surface area contributed by atoms with E-state index in [4.69, 9.17) is 4.74 Å². The Balaban J connectivity index is 1.61. The average molecular weight is 259 g/mol. The number of aromatic nitrogens is 4. The maximum atomic E-state index is 5.77. The van der Waals surface area contributed by atoms with Crippen molar-refractivity contribution >= 4 is 0 Å². The van der Waals surface area contributed by atoms with Crippen molar-refractivity contribution in [1.29, 1.82) is 0 Å². The lowest BCUT2D eigenvalue weighted by atomic mass is 10.0. The lowest BCUT2D eigenvalue weighted by Crippen LogP contribution is -2.32. The minimum Gasteiger partial charge on any atom is -0.374 e. The Labute approximate surface area is 111 Å². The molecule has 1 aliphatic rings. The molecule has 1 N–H and O–H groups in total. The first kappa shape index (κ1) is 12.3. The van der Waals surface area contributed by atoms with E-state index in [9.17, 15) is 0 Å². The second-order valence-electron chi connectivity index (χ2n) is 4.71. The van der Waals surface area contributed by atoms with Gasteiger partial charge in [-0.3, -0.25) is 9.67 Å². The third kappa shape index (κ3) is 2.64. The number of aryl methyl sites for hydroxylation is 1. The quantitative estimate of drug-likeness (QED) is 0.871. The molecule has 2 aromatic heterocycles. The van der Waals surface area contributed by atoms with E-state index < -0.39 is 0 Å². The highest BCUT2D eigenvalue weighted by Gasteiger charge is 2.25. The first-order valence-corrected chi connectivity index (χ1v) is 6.41. The number of nitrogens with zero attached hydrogens (tertiary/aromatic N) is 4. The van der Waals surface area contributed by atoms with Crippen LogP contribution in [0.15, 0.2) is 24.4 Å². The van der Waals surface area contributed by atoms with E-state index >= 15 is 0 Å². The van der Waals surface area contributed by atoms with Crippen LogP contribution in [0.1, 0.15) is 23.0 Å². The molecular weight excluding hydrogens is 242 g/mol. The summed E-state index contributed by atoms with van der Waals surface area (Å²) in [7, 11) is 1.93. The summed E-state index contributed by atoms with van der Waals surface area (Å²) >= 11 is 0. The molecule has 6 nitrogen and oxygen atoms in total. The van der Waals surface area contributed by atoms with Crippen molar-refractivity contribution in [1.82, 2.24) is 25.3 Å². The molecule has 0 spiro atoms. The number of hydrogen-bond acceptors (Lipinski definition) is 5. The van der Waals surface area contributed by atoms with Crippen LogP contribution in [0.2, 0.25) is 0 Å². The van der Waals surface area contributed by atoms with Gasteiger partial charge in [0, 0.05) is 32.3 Å². The van der Waals surface area contributed by atoms with Crippen molar-refractivity contribution in [3.8, 4) is 0 Å². The van der Waals surface area contributed by atoms with Gasteiger partial charge >= 0.3 is 0 Å². The van der Waals surface area contributed by atoms with Gasteiger partial charge in [0.2, 0.25) is 0 Å². The largest absolute Gasteiger partial charge is 0.374 e. The molecule has 1 atom stereocenters. The number of hydrogen-bond donors (Lipinski definition) is 1. The maximum Gasteiger partial charge on any atom is 0.100 e. The van der Waals surface area contributed by atoms with Crippen LogP contribution in [0, 0.1) is 0 Å². The molecule has 0 radical (unpaired) electrons. The number of ether oxygens (including phenoxy) is 1. The van der Waals surface area contributed by atoms with E-state index in [0.29, 0.717) is 19.1 Å². The SMILES string of the molecule is Cn1nnc2c1[C@H](COCc1ccccn1)CNC2. The Bertz CT molecular complexity index is 539. The maximum absolute atomic E-state index is 5.77. The molecule has 0 unspecified atom stereocenters. The molecule has 0 aromatic carbocycles. The second-order valence-corrected chi connectivity index (χ2v) is 4.71. The summed E-state index contributed by atoms with van der Waals surface area (Å²) in [5, 5.41) is 11.6. The lowest BCUT2D eigenvalue weighted by Gasteiger charge is -2.23. The summed E-state index contributed by atoms with van der Waals surface area (Å²) in [5.41, 5.74) is 3.16. The van der Waals surface area contributed by atoms with Crippen molar-refractivity contribution in [2.75, 3.05) is 13.2 Å². The van der Waals surface area contributed by atoms with Crippen LogP contribution in [0.5, 0.6) is 0 Å². The molecule has 0 bridgehead atoms. The van der Waals surface area contributed by atoms with Gasteiger partial charge in [-0.05, 0) is 12.1 Å².